The Morgan fingerprint density at radius 2 is 2.17 bits per heavy atom. The summed E-state index contributed by atoms with van der Waals surface area (Å²) in [6.07, 6.45) is 1.58. The van der Waals surface area contributed by atoms with E-state index in [1.165, 1.54) is 0 Å². The maximum Gasteiger partial charge on any atom is 0.295 e. The van der Waals surface area contributed by atoms with Gasteiger partial charge in [-0.15, -0.1) is 0 Å². The van der Waals surface area contributed by atoms with E-state index in [-0.39, 0.29) is 10.6 Å². The number of hydrogen-bond acceptors (Lipinski definition) is 5. The molecule has 0 unspecified atom stereocenters. The van der Waals surface area contributed by atoms with Gasteiger partial charge in [0, 0.05) is 11.8 Å². The number of nitro benzene ring substituents is 1. The molecule has 0 amide bonds. The fourth-order valence-corrected chi connectivity index (χ4v) is 1.66. The van der Waals surface area contributed by atoms with Gasteiger partial charge in [-0.3, -0.25) is 10.1 Å². The van der Waals surface area contributed by atoms with Gasteiger partial charge in [0.2, 0.25) is 0 Å². The molecule has 0 bridgehead atoms. The summed E-state index contributed by atoms with van der Waals surface area (Å²) in [5.41, 5.74) is 1.95. The lowest BCUT2D eigenvalue weighted by atomic mass is 10.1. The zero-order chi connectivity index (χ0) is 13.0. The summed E-state index contributed by atoms with van der Waals surface area (Å²) in [5, 5.41) is 21.7. The van der Waals surface area contributed by atoms with E-state index in [2.05, 4.69) is 15.5 Å². The van der Waals surface area contributed by atoms with Crippen molar-refractivity contribution in [2.45, 2.75) is 13.5 Å². The topological polar surface area (TPSA) is 81.0 Å². The first-order chi connectivity index (χ1) is 8.68. The highest BCUT2D eigenvalue weighted by Crippen LogP contribution is 2.27. The molecule has 6 heteroatoms. The van der Waals surface area contributed by atoms with Crippen LogP contribution in [0.5, 0.6) is 0 Å². The zero-order valence-corrected chi connectivity index (χ0v) is 9.83. The van der Waals surface area contributed by atoms with E-state index in [9.17, 15) is 10.1 Å². The van der Waals surface area contributed by atoms with Crippen molar-refractivity contribution in [1.82, 2.24) is 10.2 Å². The fourth-order valence-electron chi connectivity index (χ4n) is 1.66. The van der Waals surface area contributed by atoms with Crippen LogP contribution in [0.3, 0.4) is 0 Å². The summed E-state index contributed by atoms with van der Waals surface area (Å²) in [4.78, 5) is 10.6. The zero-order valence-electron chi connectivity index (χ0n) is 9.83. The molecule has 2 rings (SSSR count). The Bertz CT molecular complexity index is 557. The van der Waals surface area contributed by atoms with Crippen LogP contribution in [0.2, 0.25) is 0 Å². The number of nitro groups is 1. The molecule has 0 aliphatic carbocycles. The van der Waals surface area contributed by atoms with Crippen LogP contribution in [0.25, 0.3) is 0 Å². The number of aromatic nitrogens is 2. The van der Waals surface area contributed by atoms with Crippen LogP contribution >= 0.6 is 0 Å². The summed E-state index contributed by atoms with van der Waals surface area (Å²) in [7, 11) is 0. The standard InChI is InChI=1S/C12H12N4O2/c1-9-4-2-6-11(12(9)16(17)18)13-8-10-5-3-7-14-15-10/h2-7,13H,8H2,1H3. The molecule has 18 heavy (non-hydrogen) atoms. The molecule has 1 aromatic carbocycles. The maximum absolute atomic E-state index is 11.0. The van der Waals surface area contributed by atoms with E-state index in [1.54, 1.807) is 37.4 Å². The monoisotopic (exact) mass is 244 g/mol. The average molecular weight is 244 g/mol. The van der Waals surface area contributed by atoms with Gasteiger partial charge in [0.25, 0.3) is 5.69 Å². The fraction of sp³-hybridized carbons (Fsp3) is 0.167. The summed E-state index contributed by atoms with van der Waals surface area (Å²) in [6, 6.07) is 8.75. The molecule has 92 valence electrons. The molecule has 0 radical (unpaired) electrons. The minimum absolute atomic E-state index is 0.0985. The smallest absolute Gasteiger partial charge is 0.295 e. The molecule has 0 saturated heterocycles. The Kier molecular flexibility index (Phi) is 3.47. The molecule has 0 aliphatic rings. The van der Waals surface area contributed by atoms with Crippen LogP contribution in [-0.2, 0) is 6.54 Å². The molecule has 1 aromatic heterocycles. The molecular weight excluding hydrogens is 232 g/mol. The highest BCUT2D eigenvalue weighted by Gasteiger charge is 2.16. The van der Waals surface area contributed by atoms with Gasteiger partial charge in [0.05, 0.1) is 17.2 Å². The summed E-state index contributed by atoms with van der Waals surface area (Å²) in [5.74, 6) is 0. The first-order valence-electron chi connectivity index (χ1n) is 5.43. The summed E-state index contributed by atoms with van der Waals surface area (Å²) < 4.78 is 0. The number of aryl methyl sites for hydroxylation is 1. The number of anilines is 1. The predicted octanol–water partition coefficient (Wildman–Crippen LogP) is 2.31. The minimum Gasteiger partial charge on any atom is -0.374 e. The Labute approximate surface area is 104 Å². The molecule has 2 aromatic rings. The first kappa shape index (κ1) is 12.0. The third-order valence-electron chi connectivity index (χ3n) is 2.51. The molecule has 0 aliphatic heterocycles. The van der Waals surface area contributed by atoms with Crippen molar-refractivity contribution in [3.05, 3.63) is 57.9 Å². The lowest BCUT2D eigenvalue weighted by Gasteiger charge is -2.07. The molecule has 1 N–H and O–H groups in total. The Balaban J connectivity index is 2.20. The van der Waals surface area contributed by atoms with E-state index in [4.69, 9.17) is 0 Å². The van der Waals surface area contributed by atoms with Crippen LogP contribution < -0.4 is 5.32 Å². The maximum atomic E-state index is 11.0. The number of hydrogen-bond donors (Lipinski definition) is 1. The third-order valence-corrected chi connectivity index (χ3v) is 2.51. The molecule has 0 atom stereocenters. The van der Waals surface area contributed by atoms with Crippen molar-refractivity contribution in [3.63, 3.8) is 0 Å². The number of nitrogens with one attached hydrogen (secondary N) is 1. The summed E-state index contributed by atoms with van der Waals surface area (Å²) >= 11 is 0. The van der Waals surface area contributed by atoms with Gasteiger partial charge in [-0.25, -0.2) is 0 Å². The SMILES string of the molecule is Cc1cccc(NCc2cccnn2)c1[N+](=O)[O-]. The van der Waals surface area contributed by atoms with Gasteiger partial charge in [0.15, 0.2) is 0 Å². The van der Waals surface area contributed by atoms with Crippen molar-refractivity contribution in [2.75, 3.05) is 5.32 Å². The molecular formula is C12H12N4O2. The van der Waals surface area contributed by atoms with Gasteiger partial charge in [-0.05, 0) is 25.1 Å². The van der Waals surface area contributed by atoms with E-state index < -0.39 is 0 Å². The van der Waals surface area contributed by atoms with Crippen molar-refractivity contribution in [1.29, 1.82) is 0 Å². The van der Waals surface area contributed by atoms with Gasteiger partial charge in [-0.1, -0.05) is 12.1 Å². The normalized spacial score (nSPS) is 10.1. The second kappa shape index (κ2) is 5.22. The molecule has 0 saturated carbocycles. The van der Waals surface area contributed by atoms with Gasteiger partial charge in [0.1, 0.15) is 5.69 Å². The van der Waals surface area contributed by atoms with Crippen molar-refractivity contribution < 1.29 is 4.92 Å². The van der Waals surface area contributed by atoms with E-state index >= 15 is 0 Å². The van der Waals surface area contributed by atoms with Crippen LogP contribution in [0, 0.1) is 17.0 Å². The second-order valence-corrected chi connectivity index (χ2v) is 3.80. The quantitative estimate of drug-likeness (QED) is 0.659. The Morgan fingerprint density at radius 1 is 1.33 bits per heavy atom. The molecule has 1 heterocycles. The average Bonchev–Trinajstić information content (AvgIpc) is 2.37. The molecule has 6 nitrogen and oxygen atoms in total. The van der Waals surface area contributed by atoms with Crippen molar-refractivity contribution in [2.24, 2.45) is 0 Å². The molecule has 0 spiro atoms. The first-order valence-corrected chi connectivity index (χ1v) is 5.43. The number of benzene rings is 1. The van der Waals surface area contributed by atoms with Gasteiger partial charge >= 0.3 is 0 Å². The summed E-state index contributed by atoms with van der Waals surface area (Å²) in [6.45, 7) is 2.11. The van der Waals surface area contributed by atoms with E-state index in [0.29, 0.717) is 17.8 Å². The van der Waals surface area contributed by atoms with Crippen LogP contribution in [0.1, 0.15) is 11.3 Å². The van der Waals surface area contributed by atoms with Crippen LogP contribution in [-0.4, -0.2) is 15.1 Å². The highest BCUT2D eigenvalue weighted by atomic mass is 16.6. The minimum atomic E-state index is -0.381. The van der Waals surface area contributed by atoms with Crippen molar-refractivity contribution in [3.8, 4) is 0 Å². The Morgan fingerprint density at radius 3 is 2.83 bits per heavy atom. The number of para-hydroxylation sites is 1. The number of nitrogens with zero attached hydrogens (tertiary/aromatic N) is 3. The van der Waals surface area contributed by atoms with Crippen LogP contribution in [0.15, 0.2) is 36.5 Å². The lowest BCUT2D eigenvalue weighted by molar-refractivity contribution is -0.384. The van der Waals surface area contributed by atoms with Gasteiger partial charge in [-0.2, -0.15) is 10.2 Å². The molecule has 0 fully saturated rings. The van der Waals surface area contributed by atoms with Gasteiger partial charge < -0.3 is 5.32 Å². The van der Waals surface area contributed by atoms with Crippen molar-refractivity contribution >= 4 is 11.4 Å². The van der Waals surface area contributed by atoms with E-state index in [1.807, 2.05) is 6.07 Å². The largest absolute Gasteiger partial charge is 0.374 e. The third kappa shape index (κ3) is 2.60. The van der Waals surface area contributed by atoms with E-state index in [0.717, 1.165) is 5.69 Å². The highest BCUT2D eigenvalue weighted by molar-refractivity contribution is 5.64. The Hall–Kier alpha value is -2.50. The lowest BCUT2D eigenvalue weighted by Crippen LogP contribution is -2.05. The van der Waals surface area contributed by atoms with Crippen LogP contribution in [0.4, 0.5) is 11.4 Å². The predicted molar refractivity (Wildman–Crippen MR) is 67.2 cm³/mol. The number of rotatable bonds is 4. The second-order valence-electron chi connectivity index (χ2n) is 3.80.